The third kappa shape index (κ3) is 4.87. The topological polar surface area (TPSA) is 101 Å². The average molecular weight is 341 g/mol. The normalized spacial score (nSPS) is 10.2. The van der Waals surface area contributed by atoms with Crippen LogP contribution in [-0.4, -0.2) is 16.7 Å². The number of anilines is 2. The highest BCUT2D eigenvalue weighted by molar-refractivity contribution is 6.04. The minimum atomic E-state index is -0.514. The molecule has 0 bridgehead atoms. The Morgan fingerprint density at radius 3 is 2.20 bits per heavy atom. The van der Waals surface area contributed by atoms with Crippen molar-refractivity contribution in [2.45, 2.75) is 26.7 Å². The molecule has 2 aromatic rings. The first-order valence-electron chi connectivity index (χ1n) is 7.87. The molecule has 0 heterocycles. The number of benzene rings is 2. The molecule has 0 atom stereocenters. The van der Waals surface area contributed by atoms with Gasteiger partial charge in [-0.25, -0.2) is 0 Å². The van der Waals surface area contributed by atoms with Crippen LogP contribution < -0.4 is 10.6 Å². The van der Waals surface area contributed by atoms with Crippen LogP contribution in [0.15, 0.2) is 42.5 Å². The zero-order valence-electron chi connectivity index (χ0n) is 14.0. The number of nitro benzene ring substituents is 1. The molecule has 2 amide bonds. The van der Waals surface area contributed by atoms with Crippen molar-refractivity contribution in [2.75, 3.05) is 10.6 Å². The van der Waals surface area contributed by atoms with Gasteiger partial charge in [0.25, 0.3) is 11.6 Å². The summed E-state index contributed by atoms with van der Waals surface area (Å²) in [5, 5.41) is 16.4. The van der Waals surface area contributed by atoms with Gasteiger partial charge in [0, 0.05) is 35.0 Å². The van der Waals surface area contributed by atoms with Crippen molar-refractivity contribution >= 4 is 28.9 Å². The third-order valence-corrected chi connectivity index (χ3v) is 3.57. The van der Waals surface area contributed by atoms with Gasteiger partial charge in [0.15, 0.2) is 0 Å². The van der Waals surface area contributed by atoms with Crippen molar-refractivity contribution in [3.05, 3.63) is 63.7 Å². The summed E-state index contributed by atoms with van der Waals surface area (Å²) < 4.78 is 0. The summed E-state index contributed by atoms with van der Waals surface area (Å²) in [5.74, 6) is -0.503. The van der Waals surface area contributed by atoms with Crippen molar-refractivity contribution in [3.8, 4) is 0 Å². The second kappa shape index (κ2) is 8.05. The number of nitrogens with zero attached hydrogens (tertiary/aromatic N) is 1. The quantitative estimate of drug-likeness (QED) is 0.614. The highest BCUT2D eigenvalue weighted by Gasteiger charge is 2.15. The number of carbonyl (C=O) groups is 2. The first kappa shape index (κ1) is 18.1. The summed E-state index contributed by atoms with van der Waals surface area (Å²) in [5.41, 5.74) is 1.78. The molecule has 2 N–H and O–H groups in total. The van der Waals surface area contributed by atoms with Crippen LogP contribution in [0.3, 0.4) is 0 Å². The van der Waals surface area contributed by atoms with Gasteiger partial charge in [0.05, 0.1) is 4.92 Å². The van der Waals surface area contributed by atoms with E-state index in [0.717, 1.165) is 6.42 Å². The Bertz CT molecular complexity index is 800. The van der Waals surface area contributed by atoms with Crippen LogP contribution in [0.25, 0.3) is 0 Å². The van der Waals surface area contributed by atoms with Gasteiger partial charge in [-0.1, -0.05) is 13.0 Å². The standard InChI is InChI=1S/C18H19N3O4/c1-3-4-17(22)19-14-7-9-15(10-8-14)20-18(23)13-6-5-12(2)16(11-13)21(24)25/h5-11H,3-4H2,1-2H3,(H,19,22)(H,20,23). The summed E-state index contributed by atoms with van der Waals surface area (Å²) >= 11 is 0. The summed E-state index contributed by atoms with van der Waals surface area (Å²) in [6, 6.07) is 11.0. The van der Waals surface area contributed by atoms with Gasteiger partial charge in [-0.3, -0.25) is 19.7 Å². The summed E-state index contributed by atoms with van der Waals surface area (Å²) in [7, 11) is 0. The Labute approximate surface area is 145 Å². The lowest BCUT2D eigenvalue weighted by atomic mass is 10.1. The predicted octanol–water partition coefficient (Wildman–Crippen LogP) is 3.89. The molecule has 0 aliphatic rings. The molecular formula is C18H19N3O4. The van der Waals surface area contributed by atoms with Gasteiger partial charge in [-0.2, -0.15) is 0 Å². The number of aryl methyl sites for hydroxylation is 1. The molecule has 130 valence electrons. The van der Waals surface area contributed by atoms with Crippen LogP contribution in [0.2, 0.25) is 0 Å². The Morgan fingerprint density at radius 2 is 1.64 bits per heavy atom. The molecule has 0 spiro atoms. The second-order valence-electron chi connectivity index (χ2n) is 5.59. The van der Waals surface area contributed by atoms with E-state index in [4.69, 9.17) is 0 Å². The number of hydrogen-bond acceptors (Lipinski definition) is 4. The van der Waals surface area contributed by atoms with E-state index in [1.165, 1.54) is 12.1 Å². The Balaban J connectivity index is 2.07. The minimum Gasteiger partial charge on any atom is -0.326 e. The SMILES string of the molecule is CCCC(=O)Nc1ccc(NC(=O)c2ccc(C)c([N+](=O)[O-])c2)cc1. The molecule has 0 aliphatic carbocycles. The molecular weight excluding hydrogens is 322 g/mol. The fourth-order valence-corrected chi connectivity index (χ4v) is 2.24. The molecule has 0 aromatic heterocycles. The summed E-state index contributed by atoms with van der Waals surface area (Å²) in [4.78, 5) is 34.2. The summed E-state index contributed by atoms with van der Waals surface area (Å²) in [6.45, 7) is 3.54. The van der Waals surface area contributed by atoms with Crippen molar-refractivity contribution in [1.29, 1.82) is 0 Å². The van der Waals surface area contributed by atoms with Crippen molar-refractivity contribution in [3.63, 3.8) is 0 Å². The van der Waals surface area contributed by atoms with Crippen molar-refractivity contribution < 1.29 is 14.5 Å². The van der Waals surface area contributed by atoms with E-state index in [-0.39, 0.29) is 17.2 Å². The van der Waals surface area contributed by atoms with Crippen molar-refractivity contribution in [1.82, 2.24) is 0 Å². The van der Waals surface area contributed by atoms with Crippen LogP contribution in [0.4, 0.5) is 17.1 Å². The van der Waals surface area contributed by atoms with Gasteiger partial charge in [0.1, 0.15) is 0 Å². The largest absolute Gasteiger partial charge is 0.326 e. The average Bonchev–Trinajstić information content (AvgIpc) is 2.57. The Morgan fingerprint density at radius 1 is 1.04 bits per heavy atom. The van der Waals surface area contributed by atoms with Crippen LogP contribution in [0.5, 0.6) is 0 Å². The number of hydrogen-bond donors (Lipinski definition) is 2. The van der Waals surface area contributed by atoms with Crippen LogP contribution in [0, 0.1) is 17.0 Å². The lowest BCUT2D eigenvalue weighted by Crippen LogP contribution is -2.13. The molecule has 0 fully saturated rings. The van der Waals surface area contributed by atoms with Gasteiger partial charge in [-0.05, 0) is 43.7 Å². The van der Waals surface area contributed by atoms with Crippen LogP contribution in [-0.2, 0) is 4.79 Å². The van der Waals surface area contributed by atoms with E-state index in [1.807, 2.05) is 6.92 Å². The van der Waals surface area contributed by atoms with Crippen LogP contribution in [0.1, 0.15) is 35.7 Å². The lowest BCUT2D eigenvalue weighted by molar-refractivity contribution is -0.385. The van der Waals surface area contributed by atoms with E-state index in [1.54, 1.807) is 37.3 Å². The van der Waals surface area contributed by atoms with Crippen molar-refractivity contribution in [2.24, 2.45) is 0 Å². The lowest BCUT2D eigenvalue weighted by Gasteiger charge is -2.08. The smallest absolute Gasteiger partial charge is 0.273 e. The zero-order valence-corrected chi connectivity index (χ0v) is 14.0. The molecule has 7 nitrogen and oxygen atoms in total. The molecule has 2 rings (SSSR count). The van der Waals surface area contributed by atoms with E-state index in [0.29, 0.717) is 23.4 Å². The molecule has 0 aliphatic heterocycles. The minimum absolute atomic E-state index is 0.0637. The van der Waals surface area contributed by atoms with E-state index < -0.39 is 10.8 Å². The molecule has 0 saturated heterocycles. The van der Waals surface area contributed by atoms with E-state index >= 15 is 0 Å². The maximum absolute atomic E-state index is 12.2. The zero-order chi connectivity index (χ0) is 18.4. The second-order valence-corrected chi connectivity index (χ2v) is 5.59. The molecule has 0 radical (unpaired) electrons. The highest BCUT2D eigenvalue weighted by Crippen LogP contribution is 2.20. The Kier molecular flexibility index (Phi) is 5.84. The maximum atomic E-state index is 12.2. The monoisotopic (exact) mass is 341 g/mol. The molecule has 0 saturated carbocycles. The highest BCUT2D eigenvalue weighted by atomic mass is 16.6. The maximum Gasteiger partial charge on any atom is 0.273 e. The third-order valence-electron chi connectivity index (χ3n) is 3.57. The fraction of sp³-hybridized carbons (Fsp3) is 0.222. The van der Waals surface area contributed by atoms with Gasteiger partial charge >= 0.3 is 0 Å². The fourth-order valence-electron chi connectivity index (χ4n) is 2.24. The van der Waals surface area contributed by atoms with E-state index in [9.17, 15) is 19.7 Å². The van der Waals surface area contributed by atoms with Gasteiger partial charge in [-0.15, -0.1) is 0 Å². The van der Waals surface area contributed by atoms with E-state index in [2.05, 4.69) is 10.6 Å². The number of nitrogens with one attached hydrogen (secondary N) is 2. The number of amides is 2. The Hall–Kier alpha value is -3.22. The molecule has 25 heavy (non-hydrogen) atoms. The van der Waals surface area contributed by atoms with Gasteiger partial charge < -0.3 is 10.6 Å². The molecule has 0 unspecified atom stereocenters. The van der Waals surface area contributed by atoms with Gasteiger partial charge in [0.2, 0.25) is 5.91 Å². The first-order valence-corrected chi connectivity index (χ1v) is 7.87. The number of carbonyl (C=O) groups excluding carboxylic acids is 2. The molecule has 7 heteroatoms. The first-order chi connectivity index (χ1) is 11.9. The predicted molar refractivity (Wildman–Crippen MR) is 95.8 cm³/mol. The summed E-state index contributed by atoms with van der Waals surface area (Å²) in [6.07, 6.45) is 1.22. The number of nitro groups is 1. The molecule has 2 aromatic carbocycles. The van der Waals surface area contributed by atoms with Crippen LogP contribution >= 0.6 is 0 Å². The number of rotatable bonds is 6.